The largest absolute Gasteiger partial charge is 0.493 e. The van der Waals surface area contributed by atoms with Gasteiger partial charge in [0.25, 0.3) is 0 Å². The van der Waals surface area contributed by atoms with E-state index < -0.39 is 5.97 Å². The second kappa shape index (κ2) is 8.22. The molecule has 0 saturated carbocycles. The summed E-state index contributed by atoms with van der Waals surface area (Å²) in [5.74, 6) is 0.471. The molecule has 0 atom stereocenters. The van der Waals surface area contributed by atoms with E-state index in [2.05, 4.69) is 5.32 Å². The number of benzene rings is 1. The number of carbonyl (C=O) groups excluding carboxylic acids is 2. The Hall–Kier alpha value is -3.20. The zero-order valence-electron chi connectivity index (χ0n) is 15.9. The van der Waals surface area contributed by atoms with Crippen molar-refractivity contribution in [3.8, 4) is 17.2 Å². The quantitative estimate of drug-likeness (QED) is 0.609. The van der Waals surface area contributed by atoms with E-state index in [4.69, 9.17) is 18.9 Å². The number of thiophene rings is 1. The highest BCUT2D eigenvalue weighted by molar-refractivity contribution is 7.16. The van der Waals surface area contributed by atoms with Crippen molar-refractivity contribution in [1.82, 2.24) is 4.57 Å². The first-order chi connectivity index (χ1) is 13.5. The van der Waals surface area contributed by atoms with Crippen LogP contribution in [0.5, 0.6) is 17.2 Å². The van der Waals surface area contributed by atoms with Gasteiger partial charge in [0.1, 0.15) is 17.1 Å². The number of anilines is 1. The maximum Gasteiger partial charge on any atom is 0.354 e. The number of hydrogen-bond acceptors (Lipinski definition) is 7. The van der Waals surface area contributed by atoms with Gasteiger partial charge in [-0.25, -0.2) is 4.79 Å². The lowest BCUT2D eigenvalue weighted by Gasteiger charge is -2.15. The van der Waals surface area contributed by atoms with Gasteiger partial charge in [0.05, 0.1) is 28.4 Å². The van der Waals surface area contributed by atoms with Gasteiger partial charge in [-0.05, 0) is 17.5 Å². The summed E-state index contributed by atoms with van der Waals surface area (Å²) in [6.45, 7) is -0.0505. The molecular formula is C19H20N2O6S. The fraction of sp³-hybridized carbons (Fsp3) is 0.263. The van der Waals surface area contributed by atoms with Crippen LogP contribution in [0, 0.1) is 0 Å². The first kappa shape index (κ1) is 19.6. The van der Waals surface area contributed by atoms with Gasteiger partial charge < -0.3 is 28.8 Å². The molecule has 8 nitrogen and oxygen atoms in total. The molecule has 0 aliphatic carbocycles. The monoisotopic (exact) mass is 404 g/mol. The van der Waals surface area contributed by atoms with Crippen LogP contribution >= 0.6 is 11.3 Å². The normalized spacial score (nSPS) is 10.6. The summed E-state index contributed by atoms with van der Waals surface area (Å²) in [4.78, 5) is 25.6. The summed E-state index contributed by atoms with van der Waals surface area (Å²) in [5, 5.41) is 5.58. The SMILES string of the molecule is COC(=O)c1cc2ccsc2n1CC(=O)Nc1cc(OC)c(OC)c(OC)c1. The molecule has 3 rings (SSSR count). The Morgan fingerprint density at radius 2 is 1.71 bits per heavy atom. The summed E-state index contributed by atoms with van der Waals surface area (Å²) in [5.41, 5.74) is 0.804. The smallest absolute Gasteiger partial charge is 0.354 e. The number of aromatic nitrogens is 1. The summed E-state index contributed by atoms with van der Waals surface area (Å²) in [7, 11) is 5.81. The maximum absolute atomic E-state index is 12.7. The third-order valence-corrected chi connectivity index (χ3v) is 5.10. The van der Waals surface area contributed by atoms with Crippen molar-refractivity contribution in [3.63, 3.8) is 0 Å². The molecule has 148 valence electrons. The number of amides is 1. The summed E-state index contributed by atoms with van der Waals surface area (Å²) in [6.07, 6.45) is 0. The minimum Gasteiger partial charge on any atom is -0.493 e. The molecule has 2 aromatic heterocycles. The molecule has 0 bridgehead atoms. The average molecular weight is 404 g/mol. The predicted molar refractivity (Wildman–Crippen MR) is 106 cm³/mol. The molecule has 3 aromatic rings. The Balaban J connectivity index is 1.88. The number of nitrogens with one attached hydrogen (secondary N) is 1. The number of esters is 1. The number of methoxy groups -OCH3 is 4. The van der Waals surface area contributed by atoms with E-state index in [0.717, 1.165) is 10.2 Å². The van der Waals surface area contributed by atoms with Crippen LogP contribution in [0.3, 0.4) is 0 Å². The summed E-state index contributed by atoms with van der Waals surface area (Å²) < 4.78 is 22.3. The second-order valence-corrected chi connectivity index (χ2v) is 6.65. The van der Waals surface area contributed by atoms with Crippen molar-refractivity contribution < 1.29 is 28.5 Å². The van der Waals surface area contributed by atoms with Crippen molar-refractivity contribution in [2.45, 2.75) is 6.54 Å². The lowest BCUT2D eigenvalue weighted by atomic mass is 10.2. The van der Waals surface area contributed by atoms with Gasteiger partial charge in [0.15, 0.2) is 11.5 Å². The molecule has 1 aromatic carbocycles. The zero-order chi connectivity index (χ0) is 20.3. The fourth-order valence-corrected chi connectivity index (χ4v) is 3.80. The highest BCUT2D eigenvalue weighted by Gasteiger charge is 2.20. The molecule has 9 heteroatoms. The van der Waals surface area contributed by atoms with Crippen molar-refractivity contribution in [1.29, 1.82) is 0 Å². The molecule has 0 radical (unpaired) electrons. The molecule has 28 heavy (non-hydrogen) atoms. The van der Waals surface area contributed by atoms with E-state index in [1.165, 1.54) is 39.8 Å². The van der Waals surface area contributed by atoms with Crippen LogP contribution in [-0.2, 0) is 16.1 Å². The van der Waals surface area contributed by atoms with Crippen LogP contribution in [0.25, 0.3) is 10.2 Å². The first-order valence-electron chi connectivity index (χ1n) is 8.27. The number of nitrogens with zero attached hydrogens (tertiary/aromatic N) is 1. The first-order valence-corrected chi connectivity index (χ1v) is 9.15. The fourth-order valence-electron chi connectivity index (χ4n) is 2.90. The van der Waals surface area contributed by atoms with Gasteiger partial charge in [0.2, 0.25) is 11.7 Å². The Morgan fingerprint density at radius 1 is 1.04 bits per heavy atom. The number of hydrogen-bond donors (Lipinski definition) is 1. The van der Waals surface area contributed by atoms with Crippen LogP contribution in [0.2, 0.25) is 0 Å². The lowest BCUT2D eigenvalue weighted by Crippen LogP contribution is -2.21. The van der Waals surface area contributed by atoms with E-state index in [9.17, 15) is 9.59 Å². The van der Waals surface area contributed by atoms with Crippen molar-refractivity contribution in [3.05, 3.63) is 35.3 Å². The van der Waals surface area contributed by atoms with E-state index >= 15 is 0 Å². The third kappa shape index (κ3) is 3.61. The zero-order valence-corrected chi connectivity index (χ0v) is 16.7. The average Bonchev–Trinajstić information content (AvgIpc) is 3.29. The van der Waals surface area contributed by atoms with Crippen molar-refractivity contribution in [2.24, 2.45) is 0 Å². The molecule has 0 fully saturated rings. The minimum absolute atomic E-state index is 0.0505. The van der Waals surface area contributed by atoms with Crippen LogP contribution in [0.1, 0.15) is 10.5 Å². The highest BCUT2D eigenvalue weighted by Crippen LogP contribution is 2.40. The van der Waals surface area contributed by atoms with E-state index in [1.54, 1.807) is 22.8 Å². The molecule has 0 aliphatic heterocycles. The maximum atomic E-state index is 12.7. The van der Waals surface area contributed by atoms with Crippen molar-refractivity contribution in [2.75, 3.05) is 33.8 Å². The molecule has 2 heterocycles. The predicted octanol–water partition coefficient (Wildman–Crippen LogP) is 3.15. The van der Waals surface area contributed by atoms with E-state index in [1.807, 2.05) is 11.4 Å². The summed E-state index contributed by atoms with van der Waals surface area (Å²) in [6, 6.07) is 6.87. The van der Waals surface area contributed by atoms with E-state index in [0.29, 0.717) is 28.6 Å². The number of carbonyl (C=O) groups is 2. The van der Waals surface area contributed by atoms with Gasteiger partial charge in [-0.15, -0.1) is 11.3 Å². The van der Waals surface area contributed by atoms with Crippen molar-refractivity contribution >= 4 is 39.1 Å². The second-order valence-electron chi connectivity index (χ2n) is 5.75. The molecule has 1 N–H and O–H groups in total. The highest BCUT2D eigenvalue weighted by atomic mass is 32.1. The Kier molecular flexibility index (Phi) is 5.74. The Labute approximate surface area is 165 Å². The Bertz CT molecular complexity index is 998. The molecule has 1 amide bonds. The van der Waals surface area contributed by atoms with E-state index in [-0.39, 0.29) is 12.5 Å². The molecule has 0 saturated heterocycles. The number of fused-ring (bicyclic) bond motifs is 1. The lowest BCUT2D eigenvalue weighted by molar-refractivity contribution is -0.116. The Morgan fingerprint density at radius 3 is 2.29 bits per heavy atom. The molecule has 0 spiro atoms. The van der Waals surface area contributed by atoms with Crippen LogP contribution in [0.15, 0.2) is 29.6 Å². The number of rotatable bonds is 7. The minimum atomic E-state index is -0.496. The summed E-state index contributed by atoms with van der Waals surface area (Å²) >= 11 is 1.45. The molecular weight excluding hydrogens is 384 g/mol. The molecule has 0 aliphatic rings. The van der Waals surface area contributed by atoms with Gasteiger partial charge >= 0.3 is 5.97 Å². The van der Waals surface area contributed by atoms with Crippen LogP contribution in [-0.4, -0.2) is 44.9 Å². The van der Waals surface area contributed by atoms with Gasteiger partial charge in [-0.3, -0.25) is 4.79 Å². The topological polar surface area (TPSA) is 88.0 Å². The van der Waals surface area contributed by atoms with Crippen LogP contribution < -0.4 is 19.5 Å². The standard InChI is InChI=1S/C19H20N2O6S/c1-24-14-8-12(9-15(25-2)17(14)26-3)20-16(22)10-21-13(19(23)27-4)7-11-5-6-28-18(11)21/h5-9H,10H2,1-4H3,(H,20,22). The van der Waals surface area contributed by atoms with Gasteiger partial charge in [-0.1, -0.05) is 0 Å². The molecule has 0 unspecified atom stereocenters. The van der Waals surface area contributed by atoms with Gasteiger partial charge in [-0.2, -0.15) is 0 Å². The van der Waals surface area contributed by atoms with Gasteiger partial charge in [0, 0.05) is 23.2 Å². The number of ether oxygens (including phenoxy) is 4. The third-order valence-electron chi connectivity index (χ3n) is 4.15. The van der Waals surface area contributed by atoms with Crippen LogP contribution in [0.4, 0.5) is 5.69 Å².